The van der Waals surface area contributed by atoms with Crippen molar-refractivity contribution >= 4 is 30.4 Å². The van der Waals surface area contributed by atoms with E-state index >= 15 is 0 Å². The van der Waals surface area contributed by atoms with E-state index in [0.29, 0.717) is 12.2 Å². The molecule has 0 saturated carbocycles. The highest BCUT2D eigenvalue weighted by Gasteiger charge is 2.26. The fourth-order valence-electron chi connectivity index (χ4n) is 2.06. The molecule has 0 aliphatic heterocycles. The highest BCUT2D eigenvalue weighted by molar-refractivity contribution is 7.80. The fourth-order valence-corrected chi connectivity index (χ4v) is 2.32. The summed E-state index contributed by atoms with van der Waals surface area (Å²) in [6, 6.07) is 7.20. The highest BCUT2D eigenvalue weighted by atomic mass is 32.1. The molecule has 132 valence electrons. The molecule has 0 fully saturated rings. The van der Waals surface area contributed by atoms with Crippen molar-refractivity contribution in [1.29, 1.82) is 0 Å². The van der Waals surface area contributed by atoms with E-state index in [2.05, 4.69) is 23.3 Å². The van der Waals surface area contributed by atoms with Crippen molar-refractivity contribution in [3.8, 4) is 0 Å². The molecule has 0 saturated heterocycles. The molecule has 1 unspecified atom stereocenters. The predicted octanol–water partition coefficient (Wildman–Crippen LogP) is 1.26. The van der Waals surface area contributed by atoms with E-state index in [1.807, 2.05) is 18.2 Å². The van der Waals surface area contributed by atoms with Crippen LogP contribution in [0.5, 0.6) is 0 Å². The first kappa shape index (κ1) is 20.0. The van der Waals surface area contributed by atoms with Crippen LogP contribution in [0, 0.1) is 5.92 Å². The van der Waals surface area contributed by atoms with Gasteiger partial charge in [0.15, 0.2) is 0 Å². The van der Waals surface area contributed by atoms with Crippen LogP contribution in [-0.2, 0) is 20.8 Å². The topological polar surface area (TPSA) is 95.5 Å². The minimum atomic E-state index is -1.12. The Bertz CT molecular complexity index is 563. The lowest BCUT2D eigenvalue weighted by Crippen LogP contribution is -2.53. The van der Waals surface area contributed by atoms with Crippen LogP contribution in [0.15, 0.2) is 30.3 Å². The van der Waals surface area contributed by atoms with Crippen molar-refractivity contribution in [2.45, 2.75) is 38.8 Å². The molecular weight excluding hydrogens is 328 g/mol. The Labute approximate surface area is 147 Å². The zero-order chi connectivity index (χ0) is 18.1. The van der Waals surface area contributed by atoms with Gasteiger partial charge in [0.2, 0.25) is 11.8 Å². The molecular formula is C17H24N2O4S. The molecule has 2 atom stereocenters. The summed E-state index contributed by atoms with van der Waals surface area (Å²) in [6.45, 7) is 3.45. The normalized spacial score (nSPS) is 13.2. The molecule has 2 amide bonds. The van der Waals surface area contributed by atoms with Gasteiger partial charge in [-0.15, -0.1) is 0 Å². The van der Waals surface area contributed by atoms with E-state index < -0.39 is 24.0 Å². The lowest BCUT2D eigenvalue weighted by molar-refractivity contribution is -0.142. The van der Waals surface area contributed by atoms with Gasteiger partial charge in [-0.1, -0.05) is 44.2 Å². The minimum Gasteiger partial charge on any atom is -0.480 e. The van der Waals surface area contributed by atoms with Crippen LogP contribution in [0.2, 0.25) is 0 Å². The zero-order valence-corrected chi connectivity index (χ0v) is 14.8. The third-order valence-electron chi connectivity index (χ3n) is 3.47. The van der Waals surface area contributed by atoms with Crippen molar-refractivity contribution in [1.82, 2.24) is 10.6 Å². The number of rotatable bonds is 9. The van der Waals surface area contributed by atoms with Gasteiger partial charge in [-0.3, -0.25) is 9.59 Å². The van der Waals surface area contributed by atoms with Gasteiger partial charge in [-0.25, -0.2) is 4.79 Å². The first-order chi connectivity index (χ1) is 11.3. The summed E-state index contributed by atoms with van der Waals surface area (Å²) >= 11 is 4.09. The number of benzene rings is 1. The van der Waals surface area contributed by atoms with E-state index in [4.69, 9.17) is 0 Å². The SMILES string of the molecule is CC(C)C(=O)NC(CCS)C(=O)N[C@H](Cc1ccccc1)C(=O)O. The Hall–Kier alpha value is -2.02. The molecule has 0 aliphatic carbocycles. The number of nitrogens with one attached hydrogen (secondary N) is 2. The third-order valence-corrected chi connectivity index (χ3v) is 3.73. The van der Waals surface area contributed by atoms with E-state index in [1.165, 1.54) is 0 Å². The van der Waals surface area contributed by atoms with Gasteiger partial charge in [0.05, 0.1) is 0 Å². The number of thiol groups is 1. The zero-order valence-electron chi connectivity index (χ0n) is 13.9. The molecule has 1 rings (SSSR count). The number of hydrogen-bond acceptors (Lipinski definition) is 4. The second-order valence-corrected chi connectivity index (χ2v) is 6.26. The maximum absolute atomic E-state index is 12.4. The van der Waals surface area contributed by atoms with Crippen LogP contribution in [0.25, 0.3) is 0 Å². The van der Waals surface area contributed by atoms with E-state index in [9.17, 15) is 19.5 Å². The second-order valence-electron chi connectivity index (χ2n) is 5.82. The van der Waals surface area contributed by atoms with Gasteiger partial charge in [0.1, 0.15) is 12.1 Å². The van der Waals surface area contributed by atoms with E-state index in [1.54, 1.807) is 26.0 Å². The van der Waals surface area contributed by atoms with Crippen LogP contribution in [0.4, 0.5) is 0 Å². The third kappa shape index (κ3) is 6.62. The quantitative estimate of drug-likeness (QED) is 0.503. The average Bonchev–Trinajstić information content (AvgIpc) is 2.54. The molecule has 1 aromatic rings. The van der Waals surface area contributed by atoms with Crippen molar-refractivity contribution < 1.29 is 19.5 Å². The van der Waals surface area contributed by atoms with Gasteiger partial charge < -0.3 is 15.7 Å². The van der Waals surface area contributed by atoms with Crippen LogP contribution in [0.3, 0.4) is 0 Å². The number of carbonyl (C=O) groups excluding carboxylic acids is 2. The van der Waals surface area contributed by atoms with Crippen LogP contribution in [-0.4, -0.2) is 40.7 Å². The predicted molar refractivity (Wildman–Crippen MR) is 95.0 cm³/mol. The van der Waals surface area contributed by atoms with Crippen molar-refractivity contribution in [2.24, 2.45) is 5.92 Å². The maximum atomic E-state index is 12.4. The minimum absolute atomic E-state index is 0.174. The molecule has 24 heavy (non-hydrogen) atoms. The second kappa shape index (κ2) is 9.97. The molecule has 6 nitrogen and oxygen atoms in total. The van der Waals surface area contributed by atoms with Gasteiger partial charge >= 0.3 is 5.97 Å². The molecule has 3 N–H and O–H groups in total. The number of amides is 2. The molecule has 0 spiro atoms. The molecule has 0 aliphatic rings. The summed E-state index contributed by atoms with van der Waals surface area (Å²) in [6.07, 6.45) is 0.499. The van der Waals surface area contributed by atoms with Crippen molar-refractivity contribution in [3.63, 3.8) is 0 Å². The number of carbonyl (C=O) groups is 3. The first-order valence-electron chi connectivity index (χ1n) is 7.83. The van der Waals surface area contributed by atoms with Gasteiger partial charge in [-0.2, -0.15) is 12.6 Å². The van der Waals surface area contributed by atoms with Crippen LogP contribution in [0.1, 0.15) is 25.8 Å². The Morgan fingerprint density at radius 1 is 1.04 bits per heavy atom. The lowest BCUT2D eigenvalue weighted by atomic mass is 10.1. The number of carboxylic acids is 1. The average molecular weight is 352 g/mol. The first-order valence-corrected chi connectivity index (χ1v) is 8.46. The summed E-state index contributed by atoms with van der Waals surface area (Å²) in [4.78, 5) is 35.6. The summed E-state index contributed by atoms with van der Waals surface area (Å²) in [5.74, 6) is -1.76. The Morgan fingerprint density at radius 3 is 2.12 bits per heavy atom. The molecule has 7 heteroatoms. The van der Waals surface area contributed by atoms with Gasteiger partial charge in [0.25, 0.3) is 0 Å². The number of carboxylic acid groups (broad SMARTS) is 1. The molecule has 1 aromatic carbocycles. The molecule has 0 radical (unpaired) electrons. The maximum Gasteiger partial charge on any atom is 0.326 e. The van der Waals surface area contributed by atoms with Crippen LogP contribution >= 0.6 is 12.6 Å². The van der Waals surface area contributed by atoms with Crippen molar-refractivity contribution in [2.75, 3.05) is 5.75 Å². The molecule has 0 heterocycles. The smallest absolute Gasteiger partial charge is 0.326 e. The summed E-state index contributed by atoms with van der Waals surface area (Å²) in [7, 11) is 0. The standard InChI is InChI=1S/C17H24N2O4S/c1-11(2)15(20)18-13(8-9-24)16(21)19-14(17(22)23)10-12-6-4-3-5-7-12/h3-7,11,13-14,24H,8-10H2,1-2H3,(H,18,20)(H,19,21)(H,22,23)/t13?,14-/m1/s1. The summed E-state index contributed by atoms with van der Waals surface area (Å²) in [5, 5.41) is 14.5. The number of hydrogen-bond donors (Lipinski definition) is 4. The Balaban J connectivity index is 2.77. The van der Waals surface area contributed by atoms with Gasteiger partial charge in [0, 0.05) is 12.3 Å². The summed E-state index contributed by atoms with van der Waals surface area (Å²) in [5.41, 5.74) is 0.808. The van der Waals surface area contributed by atoms with E-state index in [0.717, 1.165) is 5.56 Å². The highest BCUT2D eigenvalue weighted by Crippen LogP contribution is 2.05. The van der Waals surface area contributed by atoms with Crippen molar-refractivity contribution in [3.05, 3.63) is 35.9 Å². The molecule has 0 aromatic heterocycles. The van der Waals surface area contributed by atoms with E-state index in [-0.39, 0.29) is 18.2 Å². The van der Waals surface area contributed by atoms with Crippen LogP contribution < -0.4 is 10.6 Å². The van der Waals surface area contributed by atoms with Gasteiger partial charge in [-0.05, 0) is 17.7 Å². The Kier molecular flexibility index (Phi) is 8.32. The lowest BCUT2D eigenvalue weighted by Gasteiger charge is -2.22. The fraction of sp³-hybridized carbons (Fsp3) is 0.471. The Morgan fingerprint density at radius 2 is 1.62 bits per heavy atom. The monoisotopic (exact) mass is 352 g/mol. The summed E-state index contributed by atoms with van der Waals surface area (Å²) < 4.78 is 0. The molecule has 0 bridgehead atoms. The largest absolute Gasteiger partial charge is 0.480 e. The number of aliphatic carboxylic acids is 1.